The largest absolute Gasteiger partial charge is 0.396 e. The second kappa shape index (κ2) is 6.19. The van der Waals surface area contributed by atoms with Crippen molar-refractivity contribution in [2.24, 2.45) is 0 Å². The normalized spacial score (nSPS) is 11.8. The highest BCUT2D eigenvalue weighted by Gasteiger charge is 2.02. The van der Waals surface area contributed by atoms with E-state index >= 15 is 0 Å². The number of benzene rings is 1. The summed E-state index contributed by atoms with van der Waals surface area (Å²) in [5, 5.41) is 8.80. The first-order valence-corrected chi connectivity index (χ1v) is 6.00. The Bertz CT molecular complexity index is 318. The third-order valence-electron chi connectivity index (χ3n) is 2.23. The molecule has 0 aliphatic heterocycles. The van der Waals surface area contributed by atoms with Crippen LogP contribution in [-0.4, -0.2) is 11.7 Å². The van der Waals surface area contributed by atoms with Crippen LogP contribution in [0.15, 0.2) is 28.3 Å². The van der Waals surface area contributed by atoms with Gasteiger partial charge in [0.25, 0.3) is 0 Å². The Labute approximate surface area is 99.0 Å². The van der Waals surface area contributed by atoms with E-state index in [-0.39, 0.29) is 6.61 Å². The summed E-state index contributed by atoms with van der Waals surface area (Å²) in [5.74, 6) is 0. The van der Waals surface area contributed by atoms with Crippen LogP contribution < -0.4 is 0 Å². The smallest absolute Gasteiger partial charge is 0.0434 e. The SMILES string of the molecule is Cc1ccccc1/C(=C\I)CCCO. The first kappa shape index (κ1) is 11.7. The van der Waals surface area contributed by atoms with Crippen LogP contribution in [0.1, 0.15) is 24.0 Å². The molecule has 0 aliphatic carbocycles. The Hall–Kier alpha value is -0.350. The number of aryl methyl sites for hydroxylation is 1. The zero-order valence-corrected chi connectivity index (χ0v) is 10.5. The van der Waals surface area contributed by atoms with E-state index in [0.717, 1.165) is 12.8 Å². The molecule has 1 aromatic rings. The van der Waals surface area contributed by atoms with E-state index in [9.17, 15) is 0 Å². The van der Waals surface area contributed by atoms with Crippen molar-refractivity contribution in [2.75, 3.05) is 6.61 Å². The van der Waals surface area contributed by atoms with Gasteiger partial charge in [-0.15, -0.1) is 0 Å². The highest BCUT2D eigenvalue weighted by atomic mass is 127. The Morgan fingerprint density at radius 2 is 2.14 bits per heavy atom. The number of allylic oxidation sites excluding steroid dienone is 1. The minimum absolute atomic E-state index is 0.264. The summed E-state index contributed by atoms with van der Waals surface area (Å²) < 4.78 is 2.11. The van der Waals surface area contributed by atoms with Gasteiger partial charge in [-0.05, 0) is 40.5 Å². The molecule has 0 fully saturated rings. The second-order valence-electron chi connectivity index (χ2n) is 3.28. The molecule has 0 saturated heterocycles. The van der Waals surface area contributed by atoms with Gasteiger partial charge in [-0.25, -0.2) is 0 Å². The highest BCUT2D eigenvalue weighted by molar-refractivity contribution is 14.1. The third-order valence-corrected chi connectivity index (χ3v) is 2.98. The highest BCUT2D eigenvalue weighted by Crippen LogP contribution is 2.24. The van der Waals surface area contributed by atoms with Crippen molar-refractivity contribution < 1.29 is 5.11 Å². The lowest BCUT2D eigenvalue weighted by Gasteiger charge is -2.08. The Balaban J connectivity index is 2.85. The van der Waals surface area contributed by atoms with Gasteiger partial charge in [-0.3, -0.25) is 0 Å². The van der Waals surface area contributed by atoms with E-state index < -0.39 is 0 Å². The maximum atomic E-state index is 8.80. The van der Waals surface area contributed by atoms with Crippen molar-refractivity contribution in [1.29, 1.82) is 0 Å². The van der Waals surface area contributed by atoms with Crippen molar-refractivity contribution in [2.45, 2.75) is 19.8 Å². The molecule has 0 atom stereocenters. The van der Waals surface area contributed by atoms with Crippen LogP contribution in [0.5, 0.6) is 0 Å². The lowest BCUT2D eigenvalue weighted by Crippen LogP contribution is -1.90. The van der Waals surface area contributed by atoms with Gasteiger partial charge in [-0.1, -0.05) is 46.9 Å². The zero-order chi connectivity index (χ0) is 10.4. The number of hydrogen-bond acceptors (Lipinski definition) is 1. The molecule has 0 aromatic heterocycles. The average Bonchev–Trinajstić information content (AvgIpc) is 2.21. The molecule has 0 radical (unpaired) electrons. The fraction of sp³-hybridized carbons (Fsp3) is 0.333. The zero-order valence-electron chi connectivity index (χ0n) is 8.33. The molecule has 14 heavy (non-hydrogen) atoms. The molecular weight excluding hydrogens is 287 g/mol. The topological polar surface area (TPSA) is 20.2 Å². The van der Waals surface area contributed by atoms with E-state index in [1.165, 1.54) is 16.7 Å². The summed E-state index contributed by atoms with van der Waals surface area (Å²) in [7, 11) is 0. The van der Waals surface area contributed by atoms with Crippen molar-refractivity contribution in [1.82, 2.24) is 0 Å². The molecule has 0 saturated carbocycles. The fourth-order valence-corrected chi connectivity index (χ4v) is 2.10. The van der Waals surface area contributed by atoms with Gasteiger partial charge in [-0.2, -0.15) is 0 Å². The van der Waals surface area contributed by atoms with E-state index in [0.29, 0.717) is 0 Å². The molecule has 2 heteroatoms. The van der Waals surface area contributed by atoms with Gasteiger partial charge in [0.1, 0.15) is 0 Å². The van der Waals surface area contributed by atoms with Crippen molar-refractivity contribution in [3.8, 4) is 0 Å². The molecule has 0 aliphatic rings. The molecule has 1 nitrogen and oxygen atoms in total. The lowest BCUT2D eigenvalue weighted by molar-refractivity contribution is 0.290. The molecule has 1 rings (SSSR count). The first-order valence-electron chi connectivity index (χ1n) is 4.75. The van der Waals surface area contributed by atoms with Crippen molar-refractivity contribution >= 4 is 28.2 Å². The van der Waals surface area contributed by atoms with Gasteiger partial charge in [0.05, 0.1) is 0 Å². The van der Waals surface area contributed by atoms with E-state index in [1.54, 1.807) is 0 Å². The quantitative estimate of drug-likeness (QED) is 0.843. The first-order chi connectivity index (χ1) is 6.79. The maximum absolute atomic E-state index is 8.80. The van der Waals surface area contributed by atoms with Crippen LogP contribution in [0.2, 0.25) is 0 Å². The lowest BCUT2D eigenvalue weighted by atomic mass is 9.99. The van der Waals surface area contributed by atoms with Crippen LogP contribution in [-0.2, 0) is 0 Å². The monoisotopic (exact) mass is 302 g/mol. The van der Waals surface area contributed by atoms with E-state index in [2.05, 4.69) is 57.9 Å². The van der Waals surface area contributed by atoms with Gasteiger partial charge in [0.2, 0.25) is 0 Å². The van der Waals surface area contributed by atoms with Gasteiger partial charge >= 0.3 is 0 Å². The Morgan fingerprint density at radius 3 is 2.71 bits per heavy atom. The fourth-order valence-electron chi connectivity index (χ4n) is 1.45. The molecule has 1 aromatic carbocycles. The van der Waals surface area contributed by atoms with E-state index in [4.69, 9.17) is 5.11 Å². The Morgan fingerprint density at radius 1 is 1.43 bits per heavy atom. The Kier molecular flexibility index (Phi) is 5.19. The molecule has 0 amide bonds. The maximum Gasteiger partial charge on any atom is 0.0434 e. The summed E-state index contributed by atoms with van der Waals surface area (Å²) >= 11 is 2.27. The third kappa shape index (κ3) is 3.10. The molecule has 0 heterocycles. The summed E-state index contributed by atoms with van der Waals surface area (Å²) in [6.45, 7) is 2.38. The van der Waals surface area contributed by atoms with Gasteiger partial charge in [0, 0.05) is 6.61 Å². The van der Waals surface area contributed by atoms with Crippen LogP contribution in [0.3, 0.4) is 0 Å². The number of halogens is 1. The van der Waals surface area contributed by atoms with Crippen LogP contribution in [0, 0.1) is 6.92 Å². The van der Waals surface area contributed by atoms with Gasteiger partial charge < -0.3 is 5.11 Å². The van der Waals surface area contributed by atoms with E-state index in [1.807, 2.05) is 0 Å². The summed E-state index contributed by atoms with van der Waals surface area (Å²) in [6, 6.07) is 8.36. The minimum atomic E-state index is 0.264. The number of aliphatic hydroxyl groups excluding tert-OH is 1. The molecule has 0 bridgehead atoms. The standard InChI is InChI=1S/C12H15IO/c1-10-5-2-3-7-12(10)11(9-13)6-4-8-14/h2-3,5,7,9,14H,4,6,8H2,1H3/b11-9-. The molecule has 0 unspecified atom stereocenters. The number of hydrogen-bond donors (Lipinski definition) is 1. The van der Waals surface area contributed by atoms with Crippen molar-refractivity contribution in [3.05, 3.63) is 39.5 Å². The summed E-state index contributed by atoms with van der Waals surface area (Å²) in [5.41, 5.74) is 3.92. The average molecular weight is 302 g/mol. The molecule has 1 N–H and O–H groups in total. The predicted octanol–water partition coefficient (Wildman–Crippen LogP) is 3.54. The molecular formula is C12H15IO. The predicted molar refractivity (Wildman–Crippen MR) is 69.5 cm³/mol. The summed E-state index contributed by atoms with van der Waals surface area (Å²) in [6.07, 6.45) is 1.79. The number of rotatable bonds is 4. The second-order valence-corrected chi connectivity index (χ2v) is 3.90. The number of aliphatic hydroxyl groups is 1. The van der Waals surface area contributed by atoms with Gasteiger partial charge in [0.15, 0.2) is 0 Å². The van der Waals surface area contributed by atoms with Crippen molar-refractivity contribution in [3.63, 3.8) is 0 Å². The van der Waals surface area contributed by atoms with Crippen LogP contribution >= 0.6 is 22.6 Å². The molecule has 76 valence electrons. The minimum Gasteiger partial charge on any atom is -0.396 e. The molecule has 0 spiro atoms. The van der Waals surface area contributed by atoms with Crippen LogP contribution in [0.4, 0.5) is 0 Å². The summed E-state index contributed by atoms with van der Waals surface area (Å²) in [4.78, 5) is 0. The van der Waals surface area contributed by atoms with Crippen LogP contribution in [0.25, 0.3) is 5.57 Å².